The van der Waals surface area contributed by atoms with E-state index in [0.717, 1.165) is 70.6 Å². The molecule has 0 aliphatic carbocycles. The Morgan fingerprint density at radius 2 is 0.681 bits per heavy atom. The second kappa shape index (κ2) is 70.7. The van der Waals surface area contributed by atoms with Crippen LogP contribution in [-0.2, 0) is 14.3 Å². The lowest BCUT2D eigenvalue weighted by atomic mass is 9.99. The quantitative estimate of drug-likeness (QED) is 0.0261. The number of ether oxygens (including phenoxy) is 2. The molecule has 0 spiro atoms. The van der Waals surface area contributed by atoms with Gasteiger partial charge in [-0.05, 0) is 57.8 Å². The van der Waals surface area contributed by atoms with Crippen molar-refractivity contribution in [2.45, 2.75) is 442 Å². The van der Waals surface area contributed by atoms with Crippen LogP contribution >= 0.6 is 0 Å². The van der Waals surface area contributed by atoms with Crippen LogP contribution in [-0.4, -0.2) is 87.5 Å². The Kier molecular flexibility index (Phi) is 67.5. The van der Waals surface area contributed by atoms with Crippen molar-refractivity contribution in [3.63, 3.8) is 0 Å². The maximum atomic E-state index is 13.2. The molecule has 9 heteroatoms. The summed E-state index contributed by atoms with van der Waals surface area (Å²) >= 11 is 0. The van der Waals surface area contributed by atoms with E-state index in [-0.39, 0.29) is 12.5 Å². The van der Waals surface area contributed by atoms with E-state index < -0.39 is 49.5 Å². The lowest BCUT2D eigenvalue weighted by molar-refractivity contribution is -0.302. The molecule has 0 saturated carbocycles. The number of carbonyl (C=O) groups is 1. The summed E-state index contributed by atoms with van der Waals surface area (Å²) in [5.74, 6) is -0.136. The van der Waals surface area contributed by atoms with Crippen LogP contribution in [0.2, 0.25) is 0 Å². The van der Waals surface area contributed by atoms with E-state index in [0.29, 0.717) is 12.8 Å². The first kappa shape index (κ1) is 86.9. The highest BCUT2D eigenvalue weighted by molar-refractivity contribution is 5.76. The van der Waals surface area contributed by atoms with E-state index >= 15 is 0 Å². The second-order valence-electron chi connectivity index (χ2n) is 27.8. The zero-order valence-electron chi connectivity index (χ0n) is 60.1. The Morgan fingerprint density at radius 1 is 0.385 bits per heavy atom. The molecule has 7 unspecified atom stereocenters. The van der Waals surface area contributed by atoms with Gasteiger partial charge in [-0.2, -0.15) is 0 Å². The molecule has 1 rings (SSSR count). The molecule has 0 aromatic rings. The summed E-state index contributed by atoms with van der Waals surface area (Å²) in [6, 6.07) is -0.721. The van der Waals surface area contributed by atoms with E-state index in [1.807, 2.05) is 0 Å². The minimum atomic E-state index is -1.56. The van der Waals surface area contributed by atoms with E-state index in [2.05, 4.69) is 79.9 Å². The van der Waals surface area contributed by atoms with Gasteiger partial charge in [0.25, 0.3) is 0 Å². The first-order chi connectivity index (χ1) is 44.8. The SMILES string of the molecule is CC/C=C\C/C=C\C/C=C\C/C=C\C/C=C\CCCCCCCCCCCCCCCCCCCCCCCC(=O)NC(COC1OC(CO)C(O)C(O)C1O)C(O)CCCCCCCCCCCCCCCCCCCCCCCCCCCCCCCCC. The summed E-state index contributed by atoms with van der Waals surface area (Å²) in [6.07, 6.45) is 91.9. The van der Waals surface area contributed by atoms with Crippen molar-refractivity contribution in [2.75, 3.05) is 13.2 Å². The first-order valence-electron chi connectivity index (χ1n) is 40.0. The van der Waals surface area contributed by atoms with E-state index in [1.54, 1.807) is 0 Å². The highest BCUT2D eigenvalue weighted by Crippen LogP contribution is 2.24. The van der Waals surface area contributed by atoms with Gasteiger partial charge in [0.1, 0.15) is 24.4 Å². The third-order valence-corrected chi connectivity index (χ3v) is 19.1. The molecule has 1 heterocycles. The van der Waals surface area contributed by atoms with Gasteiger partial charge in [0.05, 0.1) is 25.4 Å². The Labute approximate surface area is 564 Å². The van der Waals surface area contributed by atoms with Gasteiger partial charge in [0.15, 0.2) is 6.29 Å². The Bertz CT molecular complexity index is 1630. The van der Waals surface area contributed by atoms with Gasteiger partial charge in [-0.3, -0.25) is 4.79 Å². The van der Waals surface area contributed by atoms with Gasteiger partial charge in [-0.15, -0.1) is 0 Å². The Hall–Kier alpha value is -2.11. The zero-order chi connectivity index (χ0) is 65.7. The van der Waals surface area contributed by atoms with Crippen LogP contribution in [0.4, 0.5) is 0 Å². The number of hydrogen-bond donors (Lipinski definition) is 6. The minimum absolute atomic E-state index is 0.134. The number of rotatable bonds is 71. The normalized spacial score (nSPS) is 18.0. The lowest BCUT2D eigenvalue weighted by Gasteiger charge is -2.40. The molecule has 534 valence electrons. The molecule has 91 heavy (non-hydrogen) atoms. The first-order valence-corrected chi connectivity index (χ1v) is 40.0. The summed E-state index contributed by atoms with van der Waals surface area (Å²) in [5, 5.41) is 55.1. The second-order valence-corrected chi connectivity index (χ2v) is 27.8. The minimum Gasteiger partial charge on any atom is -0.394 e. The molecule has 1 aliphatic rings. The molecule has 1 saturated heterocycles. The maximum absolute atomic E-state index is 13.2. The fourth-order valence-electron chi connectivity index (χ4n) is 13.0. The number of hydrogen-bond acceptors (Lipinski definition) is 8. The average molecular weight is 1280 g/mol. The lowest BCUT2D eigenvalue weighted by Crippen LogP contribution is -2.60. The van der Waals surface area contributed by atoms with Gasteiger partial charge in [0.2, 0.25) is 5.91 Å². The van der Waals surface area contributed by atoms with Crippen LogP contribution in [0.25, 0.3) is 0 Å². The monoisotopic (exact) mass is 1280 g/mol. The third-order valence-electron chi connectivity index (χ3n) is 19.1. The van der Waals surface area contributed by atoms with E-state index in [4.69, 9.17) is 9.47 Å². The van der Waals surface area contributed by atoms with Gasteiger partial charge in [0, 0.05) is 6.42 Å². The van der Waals surface area contributed by atoms with Gasteiger partial charge < -0.3 is 40.3 Å². The van der Waals surface area contributed by atoms with Gasteiger partial charge in [-0.1, -0.05) is 396 Å². The van der Waals surface area contributed by atoms with Crippen molar-refractivity contribution in [1.29, 1.82) is 0 Å². The predicted octanol–water partition coefficient (Wildman–Crippen LogP) is 22.9. The van der Waals surface area contributed by atoms with Crippen molar-refractivity contribution in [3.8, 4) is 0 Å². The number of nitrogens with one attached hydrogen (secondary N) is 1. The van der Waals surface area contributed by atoms with Crippen LogP contribution in [0.1, 0.15) is 399 Å². The Balaban J connectivity index is 2.05. The smallest absolute Gasteiger partial charge is 0.220 e. The van der Waals surface area contributed by atoms with Crippen molar-refractivity contribution in [2.24, 2.45) is 0 Å². The van der Waals surface area contributed by atoms with Crippen LogP contribution in [0.3, 0.4) is 0 Å². The van der Waals surface area contributed by atoms with Crippen molar-refractivity contribution < 1.29 is 39.8 Å². The van der Waals surface area contributed by atoms with Crippen molar-refractivity contribution in [1.82, 2.24) is 5.32 Å². The van der Waals surface area contributed by atoms with Crippen molar-refractivity contribution >= 4 is 5.91 Å². The molecule has 0 radical (unpaired) electrons. The molecule has 7 atom stereocenters. The molecule has 1 aliphatic heterocycles. The molecule has 1 amide bonds. The summed E-state index contributed by atoms with van der Waals surface area (Å²) in [6.45, 7) is 3.78. The third kappa shape index (κ3) is 58.9. The number of aliphatic hydroxyl groups excluding tert-OH is 5. The molecule has 1 fully saturated rings. The van der Waals surface area contributed by atoms with E-state index in [9.17, 15) is 30.3 Å². The zero-order valence-corrected chi connectivity index (χ0v) is 60.1. The number of amides is 1. The van der Waals surface area contributed by atoms with Crippen LogP contribution in [0.5, 0.6) is 0 Å². The van der Waals surface area contributed by atoms with Crippen LogP contribution in [0, 0.1) is 0 Å². The average Bonchev–Trinajstić information content (AvgIpc) is 1.70. The Morgan fingerprint density at radius 3 is 1.01 bits per heavy atom. The summed E-state index contributed by atoms with van der Waals surface area (Å²) < 4.78 is 11.4. The largest absolute Gasteiger partial charge is 0.394 e. The standard InChI is InChI=1S/C82H153NO8/c1-3-5-7-9-11-13-15-17-19-21-23-25-27-29-31-33-35-36-37-38-39-40-42-44-46-48-50-52-54-56-58-60-62-64-66-68-70-72-78(86)83-75(74-90-82-81(89)80(88)79(87)77(73-84)91-82)76(85)71-69-67-65-63-61-59-57-55-53-51-49-47-45-43-41-34-32-30-28-26-24-22-20-18-16-14-12-10-8-6-4-2/h5,7,11,13,17,19,23,25,29,31,75-77,79-82,84-85,87-89H,3-4,6,8-10,12,14-16,18,20-22,24,26-28,30,32-74H2,1-2H3,(H,83,86)/b7-5-,13-11-,19-17-,25-23-,31-29-. The number of allylic oxidation sites excluding steroid dienone is 10. The molecule has 0 aromatic heterocycles. The maximum Gasteiger partial charge on any atom is 0.220 e. The fourth-order valence-corrected chi connectivity index (χ4v) is 13.0. The summed E-state index contributed by atoms with van der Waals surface area (Å²) in [5.41, 5.74) is 0. The highest BCUT2D eigenvalue weighted by Gasteiger charge is 2.44. The topological polar surface area (TPSA) is 149 Å². The van der Waals surface area contributed by atoms with Crippen LogP contribution in [0.15, 0.2) is 60.8 Å². The van der Waals surface area contributed by atoms with Gasteiger partial charge >= 0.3 is 0 Å². The molecule has 0 aromatic carbocycles. The fraction of sp³-hybridized carbons (Fsp3) is 0.866. The van der Waals surface area contributed by atoms with Crippen LogP contribution < -0.4 is 5.32 Å². The van der Waals surface area contributed by atoms with E-state index in [1.165, 1.54) is 302 Å². The molecular formula is C82H153NO8. The number of aliphatic hydroxyl groups is 5. The summed E-state index contributed by atoms with van der Waals surface area (Å²) in [4.78, 5) is 13.2. The molecule has 0 bridgehead atoms. The molecular weight excluding hydrogens is 1130 g/mol. The van der Waals surface area contributed by atoms with Gasteiger partial charge in [-0.25, -0.2) is 0 Å². The number of unbranched alkanes of at least 4 members (excludes halogenated alkanes) is 51. The van der Waals surface area contributed by atoms with Crippen molar-refractivity contribution in [3.05, 3.63) is 60.8 Å². The predicted molar refractivity (Wildman–Crippen MR) is 392 cm³/mol. The molecule has 9 nitrogen and oxygen atoms in total. The molecule has 6 N–H and O–H groups in total. The summed E-state index contributed by atoms with van der Waals surface area (Å²) in [7, 11) is 0. The highest BCUT2D eigenvalue weighted by atomic mass is 16.7. The number of carbonyl (C=O) groups excluding carboxylic acids is 1.